The zero-order valence-corrected chi connectivity index (χ0v) is 13.8. The van der Waals surface area contributed by atoms with E-state index in [4.69, 9.17) is 4.74 Å². The molecule has 116 valence electrons. The third-order valence-electron chi connectivity index (χ3n) is 3.01. The summed E-state index contributed by atoms with van der Waals surface area (Å²) in [6.07, 6.45) is 3.66. The normalized spacial score (nSPS) is 11.7. The van der Waals surface area contributed by atoms with Gasteiger partial charge >= 0.3 is 0 Å². The summed E-state index contributed by atoms with van der Waals surface area (Å²) in [6.45, 7) is 4.33. The quantitative estimate of drug-likeness (QED) is 0.706. The number of halogens is 1. The van der Waals surface area contributed by atoms with Gasteiger partial charge in [0.2, 0.25) is 0 Å². The highest BCUT2D eigenvalue weighted by molar-refractivity contribution is 9.10. The molecule has 0 aliphatic rings. The van der Waals surface area contributed by atoms with Gasteiger partial charge in [-0.2, -0.15) is 0 Å². The number of hydrogen-bond acceptors (Lipinski definition) is 4. The Bertz CT molecular complexity index is 602. The summed E-state index contributed by atoms with van der Waals surface area (Å²) in [6, 6.07) is 11.5. The molecule has 1 unspecified atom stereocenters. The van der Waals surface area contributed by atoms with Crippen LogP contribution in [0.1, 0.15) is 5.56 Å². The van der Waals surface area contributed by atoms with Gasteiger partial charge in [0.15, 0.2) is 0 Å². The number of para-hydroxylation sites is 1. The van der Waals surface area contributed by atoms with Crippen LogP contribution in [-0.2, 0) is 6.42 Å². The number of benzene rings is 1. The van der Waals surface area contributed by atoms with Crippen LogP contribution in [0.25, 0.3) is 0 Å². The fourth-order valence-electron chi connectivity index (χ4n) is 1.92. The summed E-state index contributed by atoms with van der Waals surface area (Å²) in [5.74, 6) is 1.50. The zero-order chi connectivity index (χ0) is 15.8. The smallest absolute Gasteiger partial charge is 0.126 e. The molecule has 5 heteroatoms. The number of nitrogens with one attached hydrogen (secondary N) is 1. The van der Waals surface area contributed by atoms with Crippen LogP contribution in [0.4, 0.5) is 5.82 Å². The Morgan fingerprint density at radius 3 is 2.86 bits per heavy atom. The average molecular weight is 363 g/mol. The van der Waals surface area contributed by atoms with Crippen LogP contribution in [0.3, 0.4) is 0 Å². The van der Waals surface area contributed by atoms with Crippen LogP contribution in [0.5, 0.6) is 5.75 Å². The Morgan fingerprint density at radius 1 is 1.32 bits per heavy atom. The molecule has 2 aromatic rings. The van der Waals surface area contributed by atoms with Crippen molar-refractivity contribution in [2.45, 2.75) is 12.5 Å². The Labute approximate surface area is 139 Å². The molecule has 0 bridgehead atoms. The van der Waals surface area contributed by atoms with Crippen LogP contribution < -0.4 is 10.1 Å². The molecule has 1 atom stereocenters. The summed E-state index contributed by atoms with van der Waals surface area (Å²) in [7, 11) is 0. The topological polar surface area (TPSA) is 54.4 Å². The number of ether oxygens (including phenoxy) is 1. The molecular formula is C17H19BrN2O2. The van der Waals surface area contributed by atoms with Crippen molar-refractivity contribution < 1.29 is 9.84 Å². The first kappa shape index (κ1) is 16.5. The van der Waals surface area contributed by atoms with Gasteiger partial charge < -0.3 is 15.2 Å². The highest BCUT2D eigenvalue weighted by Gasteiger charge is 2.07. The van der Waals surface area contributed by atoms with E-state index in [9.17, 15) is 5.11 Å². The number of hydrogen-bond donors (Lipinski definition) is 2. The number of nitrogens with zero attached hydrogens (tertiary/aromatic N) is 1. The monoisotopic (exact) mass is 362 g/mol. The molecule has 0 fully saturated rings. The maximum absolute atomic E-state index is 10.0. The number of aromatic nitrogens is 1. The van der Waals surface area contributed by atoms with Gasteiger partial charge in [0.05, 0.1) is 0 Å². The molecule has 22 heavy (non-hydrogen) atoms. The number of allylic oxidation sites excluding steroid dienone is 1. The molecule has 1 aromatic carbocycles. The largest absolute Gasteiger partial charge is 0.491 e. The minimum atomic E-state index is -0.623. The van der Waals surface area contributed by atoms with Crippen molar-refractivity contribution in [3.8, 4) is 5.75 Å². The second-order valence-corrected chi connectivity index (χ2v) is 5.72. The molecular weight excluding hydrogens is 344 g/mol. The molecule has 1 aromatic heterocycles. The molecule has 0 saturated carbocycles. The van der Waals surface area contributed by atoms with Crippen LogP contribution in [0.2, 0.25) is 0 Å². The second-order valence-electron chi connectivity index (χ2n) is 4.81. The standard InChI is InChI=1S/C17H19BrN2O2/c1-2-5-13-6-3-4-7-16(13)22-12-15(21)11-20-17-9-8-14(18)10-19-17/h2-4,6-10,15,21H,1,5,11-12H2,(H,19,20). The first-order valence-electron chi connectivity index (χ1n) is 7.04. The van der Waals surface area contributed by atoms with E-state index in [2.05, 4.69) is 32.8 Å². The van der Waals surface area contributed by atoms with Crippen LogP contribution in [0, 0.1) is 0 Å². The fourth-order valence-corrected chi connectivity index (χ4v) is 2.15. The molecule has 0 aliphatic heterocycles. The van der Waals surface area contributed by atoms with Gasteiger partial charge in [-0.1, -0.05) is 24.3 Å². The van der Waals surface area contributed by atoms with E-state index < -0.39 is 6.10 Å². The van der Waals surface area contributed by atoms with Crippen LogP contribution >= 0.6 is 15.9 Å². The number of rotatable bonds is 8. The van der Waals surface area contributed by atoms with Gasteiger partial charge in [0.1, 0.15) is 24.3 Å². The minimum Gasteiger partial charge on any atom is -0.491 e. The van der Waals surface area contributed by atoms with E-state index >= 15 is 0 Å². The van der Waals surface area contributed by atoms with E-state index in [0.717, 1.165) is 22.2 Å². The Morgan fingerprint density at radius 2 is 2.14 bits per heavy atom. The fraction of sp³-hybridized carbons (Fsp3) is 0.235. The number of anilines is 1. The molecule has 0 saturated heterocycles. The highest BCUT2D eigenvalue weighted by atomic mass is 79.9. The third-order valence-corrected chi connectivity index (χ3v) is 3.48. The molecule has 1 heterocycles. The van der Waals surface area contributed by atoms with Crippen molar-refractivity contribution >= 4 is 21.7 Å². The average Bonchev–Trinajstić information content (AvgIpc) is 2.54. The Hall–Kier alpha value is -1.85. The summed E-state index contributed by atoms with van der Waals surface area (Å²) in [4.78, 5) is 4.19. The Balaban J connectivity index is 1.81. The maximum atomic E-state index is 10.0. The summed E-state index contributed by atoms with van der Waals surface area (Å²) in [5.41, 5.74) is 1.06. The Kier molecular flexibility index (Phi) is 6.43. The predicted molar refractivity (Wildman–Crippen MR) is 92.3 cm³/mol. The summed E-state index contributed by atoms with van der Waals surface area (Å²) in [5, 5.41) is 13.1. The van der Waals surface area contributed by atoms with Crippen molar-refractivity contribution in [2.24, 2.45) is 0 Å². The van der Waals surface area contributed by atoms with E-state index in [-0.39, 0.29) is 6.61 Å². The minimum absolute atomic E-state index is 0.220. The van der Waals surface area contributed by atoms with Gasteiger partial charge in [-0.05, 0) is 46.1 Å². The molecule has 2 N–H and O–H groups in total. The molecule has 0 radical (unpaired) electrons. The molecule has 0 aliphatic carbocycles. The number of aliphatic hydroxyl groups excluding tert-OH is 1. The first-order chi connectivity index (χ1) is 10.7. The van der Waals surface area contributed by atoms with Gasteiger partial charge in [-0.3, -0.25) is 0 Å². The van der Waals surface area contributed by atoms with Crippen molar-refractivity contribution in [3.63, 3.8) is 0 Å². The van der Waals surface area contributed by atoms with Gasteiger partial charge in [-0.25, -0.2) is 4.98 Å². The van der Waals surface area contributed by atoms with Gasteiger partial charge in [0, 0.05) is 17.2 Å². The zero-order valence-electron chi connectivity index (χ0n) is 12.2. The SMILES string of the molecule is C=CCc1ccccc1OCC(O)CNc1ccc(Br)cn1. The third kappa shape index (κ3) is 5.16. The van der Waals surface area contributed by atoms with Crippen LogP contribution in [-0.4, -0.2) is 29.3 Å². The molecule has 4 nitrogen and oxygen atoms in total. The van der Waals surface area contributed by atoms with E-state index in [1.165, 1.54) is 0 Å². The lowest BCUT2D eigenvalue weighted by Crippen LogP contribution is -2.26. The van der Waals surface area contributed by atoms with E-state index in [1.54, 1.807) is 6.20 Å². The maximum Gasteiger partial charge on any atom is 0.126 e. The van der Waals surface area contributed by atoms with Crippen molar-refractivity contribution in [3.05, 3.63) is 65.3 Å². The number of aliphatic hydroxyl groups is 1. The van der Waals surface area contributed by atoms with Crippen molar-refractivity contribution in [1.29, 1.82) is 0 Å². The lowest BCUT2D eigenvalue weighted by Gasteiger charge is -2.15. The van der Waals surface area contributed by atoms with Crippen molar-refractivity contribution in [1.82, 2.24) is 4.98 Å². The molecule has 2 rings (SSSR count). The second kappa shape index (κ2) is 8.56. The highest BCUT2D eigenvalue weighted by Crippen LogP contribution is 2.19. The van der Waals surface area contributed by atoms with Gasteiger partial charge in [0.25, 0.3) is 0 Å². The van der Waals surface area contributed by atoms with Gasteiger partial charge in [-0.15, -0.1) is 6.58 Å². The molecule has 0 amide bonds. The number of pyridine rings is 1. The lowest BCUT2D eigenvalue weighted by atomic mass is 10.1. The summed E-state index contributed by atoms with van der Waals surface area (Å²) < 4.78 is 6.61. The van der Waals surface area contributed by atoms with E-state index in [1.807, 2.05) is 42.5 Å². The van der Waals surface area contributed by atoms with Crippen molar-refractivity contribution in [2.75, 3.05) is 18.5 Å². The lowest BCUT2D eigenvalue weighted by molar-refractivity contribution is 0.117. The van der Waals surface area contributed by atoms with Crippen LogP contribution in [0.15, 0.2) is 59.7 Å². The van der Waals surface area contributed by atoms with E-state index in [0.29, 0.717) is 12.4 Å². The molecule has 0 spiro atoms. The summed E-state index contributed by atoms with van der Waals surface area (Å²) >= 11 is 3.33. The first-order valence-corrected chi connectivity index (χ1v) is 7.83. The predicted octanol–water partition coefficient (Wildman–Crippen LogP) is 3.42.